The average Bonchev–Trinajstić information content (AvgIpc) is 2.73. The minimum Gasteiger partial charge on any atom is -0.422 e. The summed E-state index contributed by atoms with van der Waals surface area (Å²) in [7, 11) is 0. The zero-order chi connectivity index (χ0) is 20.8. The van der Waals surface area contributed by atoms with Crippen LogP contribution in [0, 0.1) is 17.0 Å². The molecule has 0 spiro atoms. The largest absolute Gasteiger partial charge is 0.422 e. The van der Waals surface area contributed by atoms with Crippen LogP contribution in [0.1, 0.15) is 31.8 Å². The Kier molecular flexibility index (Phi) is 5.94. The van der Waals surface area contributed by atoms with Crippen LogP contribution in [0.4, 0.5) is 5.69 Å². The number of para-hydroxylation sites is 1. The van der Waals surface area contributed by atoms with Crippen molar-refractivity contribution < 1.29 is 19.2 Å². The molecule has 6 nitrogen and oxygen atoms in total. The van der Waals surface area contributed by atoms with Crippen molar-refractivity contribution in [3.05, 3.63) is 111 Å². The van der Waals surface area contributed by atoms with E-state index >= 15 is 0 Å². The van der Waals surface area contributed by atoms with Crippen LogP contribution < -0.4 is 4.74 Å². The Morgan fingerprint density at radius 1 is 0.931 bits per heavy atom. The van der Waals surface area contributed by atoms with Crippen molar-refractivity contribution in [2.24, 2.45) is 0 Å². The monoisotopic (exact) mass is 387 g/mol. The van der Waals surface area contributed by atoms with Gasteiger partial charge in [0.1, 0.15) is 5.75 Å². The Balaban J connectivity index is 1.79. The van der Waals surface area contributed by atoms with Crippen molar-refractivity contribution in [3.63, 3.8) is 0 Å². The number of nitro benzene ring substituents is 1. The van der Waals surface area contributed by atoms with Gasteiger partial charge in [0.15, 0.2) is 5.78 Å². The molecule has 0 aliphatic rings. The van der Waals surface area contributed by atoms with Crippen molar-refractivity contribution in [2.45, 2.75) is 6.92 Å². The van der Waals surface area contributed by atoms with Crippen LogP contribution in [0.25, 0.3) is 6.08 Å². The maximum absolute atomic E-state index is 12.4. The summed E-state index contributed by atoms with van der Waals surface area (Å²) in [6, 6.07) is 19.2. The first-order valence-electron chi connectivity index (χ1n) is 8.79. The average molecular weight is 387 g/mol. The van der Waals surface area contributed by atoms with E-state index in [0.717, 1.165) is 11.6 Å². The van der Waals surface area contributed by atoms with Crippen molar-refractivity contribution in [2.75, 3.05) is 0 Å². The quantitative estimate of drug-likeness (QED) is 0.148. The van der Waals surface area contributed by atoms with Gasteiger partial charge in [-0.25, -0.2) is 4.79 Å². The molecule has 6 heteroatoms. The lowest BCUT2D eigenvalue weighted by Gasteiger charge is -2.07. The molecule has 0 radical (unpaired) electrons. The number of rotatable bonds is 6. The lowest BCUT2D eigenvalue weighted by Crippen LogP contribution is -2.09. The first-order valence-corrected chi connectivity index (χ1v) is 8.79. The zero-order valence-corrected chi connectivity index (χ0v) is 15.6. The Bertz CT molecular complexity index is 1100. The number of hydrogen-bond donors (Lipinski definition) is 0. The molecule has 3 rings (SSSR count). The number of allylic oxidation sites excluding steroid dienone is 1. The number of nitro groups is 1. The van der Waals surface area contributed by atoms with Gasteiger partial charge in [0.05, 0.1) is 10.5 Å². The molecular formula is C23H17NO5. The molecular weight excluding hydrogens is 370 g/mol. The fourth-order valence-corrected chi connectivity index (χ4v) is 2.60. The predicted molar refractivity (Wildman–Crippen MR) is 109 cm³/mol. The minimum absolute atomic E-state index is 0.0636. The van der Waals surface area contributed by atoms with E-state index in [-0.39, 0.29) is 22.8 Å². The molecule has 0 saturated carbocycles. The number of hydrogen-bond acceptors (Lipinski definition) is 5. The summed E-state index contributed by atoms with van der Waals surface area (Å²) in [4.78, 5) is 35.0. The van der Waals surface area contributed by atoms with E-state index in [1.165, 1.54) is 24.3 Å². The van der Waals surface area contributed by atoms with Gasteiger partial charge in [-0.2, -0.15) is 0 Å². The molecule has 3 aromatic carbocycles. The molecule has 144 valence electrons. The highest BCUT2D eigenvalue weighted by atomic mass is 16.6. The maximum atomic E-state index is 12.4. The van der Waals surface area contributed by atoms with Gasteiger partial charge in [-0.15, -0.1) is 0 Å². The van der Waals surface area contributed by atoms with Crippen LogP contribution in [0.5, 0.6) is 5.75 Å². The molecule has 0 aromatic heterocycles. The lowest BCUT2D eigenvalue weighted by atomic mass is 10.1. The van der Waals surface area contributed by atoms with Crippen LogP contribution in [0.2, 0.25) is 0 Å². The van der Waals surface area contributed by atoms with Crippen LogP contribution >= 0.6 is 0 Å². The van der Waals surface area contributed by atoms with Crippen molar-refractivity contribution in [1.29, 1.82) is 0 Å². The Morgan fingerprint density at radius 2 is 1.66 bits per heavy atom. The number of esters is 1. The summed E-state index contributed by atoms with van der Waals surface area (Å²) in [6.45, 7) is 1.94. The molecule has 3 aromatic rings. The molecule has 0 unspecified atom stereocenters. The standard InChI is InChI=1S/C23H17NO5/c1-16-9-11-17(12-10-16)21(25)14-13-18-5-2-3-8-22(18)29-23(26)19-6-4-7-20(15-19)24(27)28/h2-15H,1H3/b14-13+. The highest BCUT2D eigenvalue weighted by Gasteiger charge is 2.14. The van der Waals surface area contributed by atoms with Crippen LogP contribution in [-0.4, -0.2) is 16.7 Å². The second kappa shape index (κ2) is 8.75. The van der Waals surface area contributed by atoms with E-state index in [4.69, 9.17) is 4.74 Å². The third kappa shape index (κ3) is 5.01. The fourth-order valence-electron chi connectivity index (χ4n) is 2.60. The van der Waals surface area contributed by atoms with E-state index in [9.17, 15) is 19.7 Å². The first-order chi connectivity index (χ1) is 13.9. The van der Waals surface area contributed by atoms with E-state index < -0.39 is 10.9 Å². The molecule has 0 saturated heterocycles. The number of aryl methyl sites for hydroxylation is 1. The third-order valence-corrected chi connectivity index (χ3v) is 4.16. The highest BCUT2D eigenvalue weighted by molar-refractivity contribution is 6.07. The molecule has 0 atom stereocenters. The topological polar surface area (TPSA) is 86.5 Å². The molecule has 0 aliphatic heterocycles. The van der Waals surface area contributed by atoms with Gasteiger partial charge in [-0.05, 0) is 31.2 Å². The van der Waals surface area contributed by atoms with Gasteiger partial charge < -0.3 is 4.74 Å². The fraction of sp³-hybridized carbons (Fsp3) is 0.0435. The molecule has 0 aliphatic carbocycles. The molecule has 0 bridgehead atoms. The second-order valence-electron chi connectivity index (χ2n) is 6.30. The van der Waals surface area contributed by atoms with Crippen LogP contribution in [-0.2, 0) is 0 Å². The molecule has 29 heavy (non-hydrogen) atoms. The molecule has 0 N–H and O–H groups in total. The van der Waals surface area contributed by atoms with E-state index in [1.807, 2.05) is 19.1 Å². The first kappa shape index (κ1) is 19.7. The van der Waals surface area contributed by atoms with Gasteiger partial charge in [0.2, 0.25) is 0 Å². The number of carbonyl (C=O) groups excluding carboxylic acids is 2. The smallest absolute Gasteiger partial charge is 0.343 e. The Labute approximate surface area is 167 Å². The second-order valence-corrected chi connectivity index (χ2v) is 6.30. The summed E-state index contributed by atoms with van der Waals surface area (Å²) in [5.41, 5.74) is 2.01. The SMILES string of the molecule is Cc1ccc(C(=O)/C=C/c2ccccc2OC(=O)c2cccc([N+](=O)[O-])c2)cc1. The van der Waals surface area contributed by atoms with Gasteiger partial charge in [-0.1, -0.05) is 54.1 Å². The highest BCUT2D eigenvalue weighted by Crippen LogP contribution is 2.22. The number of ketones is 1. The Hall–Kier alpha value is -4.06. The van der Waals surface area contributed by atoms with E-state index in [0.29, 0.717) is 11.1 Å². The number of nitrogens with zero attached hydrogens (tertiary/aromatic N) is 1. The van der Waals surface area contributed by atoms with Gasteiger partial charge in [0, 0.05) is 23.3 Å². The van der Waals surface area contributed by atoms with Crippen LogP contribution in [0.3, 0.4) is 0 Å². The summed E-state index contributed by atoms with van der Waals surface area (Å²) >= 11 is 0. The summed E-state index contributed by atoms with van der Waals surface area (Å²) < 4.78 is 5.40. The summed E-state index contributed by atoms with van der Waals surface area (Å²) in [5.74, 6) is -0.652. The van der Waals surface area contributed by atoms with Crippen LogP contribution in [0.15, 0.2) is 78.9 Å². The van der Waals surface area contributed by atoms with E-state index in [2.05, 4.69) is 0 Å². The molecule has 0 heterocycles. The molecule has 0 fully saturated rings. The van der Waals surface area contributed by atoms with Crippen molar-refractivity contribution in [3.8, 4) is 5.75 Å². The maximum Gasteiger partial charge on any atom is 0.343 e. The van der Waals surface area contributed by atoms with Gasteiger partial charge in [0.25, 0.3) is 5.69 Å². The number of benzene rings is 3. The number of non-ortho nitro benzene ring substituents is 1. The van der Waals surface area contributed by atoms with Gasteiger partial charge >= 0.3 is 5.97 Å². The molecule has 0 amide bonds. The normalized spacial score (nSPS) is 10.7. The predicted octanol–water partition coefficient (Wildman–Crippen LogP) is 5.02. The Morgan fingerprint density at radius 3 is 2.38 bits per heavy atom. The number of ether oxygens (including phenoxy) is 1. The van der Waals surface area contributed by atoms with E-state index in [1.54, 1.807) is 42.5 Å². The van der Waals surface area contributed by atoms with Crippen molar-refractivity contribution >= 4 is 23.5 Å². The third-order valence-electron chi connectivity index (χ3n) is 4.16. The summed E-state index contributed by atoms with van der Waals surface area (Å²) in [5, 5.41) is 10.9. The number of carbonyl (C=O) groups is 2. The van der Waals surface area contributed by atoms with Gasteiger partial charge in [-0.3, -0.25) is 14.9 Å². The summed E-state index contributed by atoms with van der Waals surface area (Å²) in [6.07, 6.45) is 2.98. The minimum atomic E-state index is -0.723. The lowest BCUT2D eigenvalue weighted by molar-refractivity contribution is -0.384. The van der Waals surface area contributed by atoms with Crippen molar-refractivity contribution in [1.82, 2.24) is 0 Å². The zero-order valence-electron chi connectivity index (χ0n) is 15.6.